The molecule has 0 bridgehead atoms. The van der Waals surface area contributed by atoms with Crippen LogP contribution >= 0.6 is 0 Å². The lowest BCUT2D eigenvalue weighted by atomic mass is 10.3. The second-order valence-electron chi connectivity index (χ2n) is 3.65. The Labute approximate surface area is 90.4 Å². The van der Waals surface area contributed by atoms with Crippen molar-refractivity contribution in [2.75, 3.05) is 18.1 Å². The van der Waals surface area contributed by atoms with Crippen molar-refractivity contribution < 1.29 is 8.42 Å². The van der Waals surface area contributed by atoms with Gasteiger partial charge >= 0.3 is 0 Å². The zero-order valence-electron chi connectivity index (χ0n) is 8.90. The van der Waals surface area contributed by atoms with Crippen molar-refractivity contribution in [3.8, 4) is 0 Å². The monoisotopic (exact) mass is 228 g/mol. The molecule has 0 heterocycles. The van der Waals surface area contributed by atoms with Gasteiger partial charge < -0.3 is 11.1 Å². The molecule has 84 valence electrons. The second-order valence-corrected chi connectivity index (χ2v) is 5.67. The Hall–Kier alpha value is -1.07. The minimum absolute atomic E-state index is 0.0691. The highest BCUT2D eigenvalue weighted by atomic mass is 32.2. The molecule has 0 spiro atoms. The van der Waals surface area contributed by atoms with E-state index in [2.05, 4.69) is 5.32 Å². The Morgan fingerprint density at radius 2 is 1.87 bits per heavy atom. The molecule has 4 nitrogen and oxygen atoms in total. The molecule has 0 radical (unpaired) electrons. The number of nitrogens with one attached hydrogen (secondary N) is 1. The lowest BCUT2D eigenvalue weighted by molar-refractivity contribution is 0.602. The molecule has 1 atom stereocenters. The number of hydrogen-bond acceptors (Lipinski definition) is 4. The first-order valence-electron chi connectivity index (χ1n) is 4.69. The first-order chi connectivity index (χ1) is 6.89. The summed E-state index contributed by atoms with van der Waals surface area (Å²) in [4.78, 5) is 0.328. The van der Waals surface area contributed by atoms with Crippen LogP contribution in [0.4, 0.5) is 5.69 Å². The predicted molar refractivity (Wildman–Crippen MR) is 61.7 cm³/mol. The lowest BCUT2D eigenvalue weighted by Gasteiger charge is -2.09. The molecule has 3 N–H and O–H groups in total. The van der Waals surface area contributed by atoms with E-state index in [9.17, 15) is 8.42 Å². The molecule has 0 aliphatic carbocycles. The number of hydrogen-bond donors (Lipinski definition) is 2. The molecule has 0 amide bonds. The Morgan fingerprint density at radius 1 is 1.33 bits per heavy atom. The van der Waals surface area contributed by atoms with E-state index in [1.807, 2.05) is 6.92 Å². The molecule has 1 rings (SSSR count). The Balaban J connectivity index is 2.73. The SMILES string of the molecule is C[C@H](N)CNc1ccc(S(C)(=O)=O)cc1. The number of nitrogens with two attached hydrogens (primary N) is 1. The molecule has 1 aromatic carbocycles. The fraction of sp³-hybridized carbons (Fsp3) is 0.400. The topological polar surface area (TPSA) is 72.2 Å². The standard InChI is InChI=1S/C10H16N2O2S/c1-8(11)7-12-9-3-5-10(6-4-9)15(2,13)14/h3-6,8,12H,7,11H2,1-2H3/t8-/m0/s1. The summed E-state index contributed by atoms with van der Waals surface area (Å²) in [5, 5.41) is 3.10. The fourth-order valence-corrected chi connectivity index (χ4v) is 1.73. The predicted octanol–water partition coefficient (Wildman–Crippen LogP) is 0.849. The van der Waals surface area contributed by atoms with E-state index in [4.69, 9.17) is 5.73 Å². The highest BCUT2D eigenvalue weighted by Gasteiger charge is 2.05. The summed E-state index contributed by atoms with van der Waals surface area (Å²) < 4.78 is 22.3. The van der Waals surface area contributed by atoms with Crippen LogP contribution in [0, 0.1) is 0 Å². The molecule has 5 heteroatoms. The van der Waals surface area contributed by atoms with Gasteiger partial charge in [0, 0.05) is 24.5 Å². The quantitative estimate of drug-likeness (QED) is 0.801. The molecule has 1 aromatic rings. The molecule has 0 saturated carbocycles. The minimum Gasteiger partial charge on any atom is -0.383 e. The molecular weight excluding hydrogens is 212 g/mol. The molecule has 0 unspecified atom stereocenters. The first-order valence-corrected chi connectivity index (χ1v) is 6.58. The Bertz CT molecular complexity index is 410. The van der Waals surface area contributed by atoms with Gasteiger partial charge in [-0.15, -0.1) is 0 Å². The van der Waals surface area contributed by atoms with Crippen molar-refractivity contribution in [3.05, 3.63) is 24.3 Å². The van der Waals surface area contributed by atoms with Gasteiger partial charge in [0.2, 0.25) is 0 Å². The van der Waals surface area contributed by atoms with Crippen LogP contribution in [0.15, 0.2) is 29.2 Å². The van der Waals surface area contributed by atoms with Gasteiger partial charge in [0.1, 0.15) is 0 Å². The highest BCUT2D eigenvalue weighted by Crippen LogP contribution is 2.13. The van der Waals surface area contributed by atoms with Crippen LogP contribution in [0.2, 0.25) is 0 Å². The zero-order chi connectivity index (χ0) is 11.5. The van der Waals surface area contributed by atoms with Crippen LogP contribution < -0.4 is 11.1 Å². The maximum Gasteiger partial charge on any atom is 0.175 e. The minimum atomic E-state index is -3.10. The number of rotatable bonds is 4. The van der Waals surface area contributed by atoms with Gasteiger partial charge in [-0.25, -0.2) is 8.42 Å². The third-order valence-electron chi connectivity index (χ3n) is 1.91. The molecule has 0 saturated heterocycles. The maximum atomic E-state index is 11.2. The van der Waals surface area contributed by atoms with E-state index in [-0.39, 0.29) is 6.04 Å². The number of benzene rings is 1. The van der Waals surface area contributed by atoms with E-state index in [0.29, 0.717) is 11.4 Å². The van der Waals surface area contributed by atoms with Crippen LogP contribution in [0.1, 0.15) is 6.92 Å². The van der Waals surface area contributed by atoms with Crippen molar-refractivity contribution in [2.45, 2.75) is 17.9 Å². The van der Waals surface area contributed by atoms with Gasteiger partial charge in [0.05, 0.1) is 4.90 Å². The first kappa shape index (κ1) is 12.0. The van der Waals surface area contributed by atoms with Crippen LogP contribution in [-0.2, 0) is 9.84 Å². The fourth-order valence-electron chi connectivity index (χ4n) is 1.10. The molecule has 15 heavy (non-hydrogen) atoms. The van der Waals surface area contributed by atoms with E-state index in [1.165, 1.54) is 6.26 Å². The number of anilines is 1. The molecular formula is C10H16N2O2S. The van der Waals surface area contributed by atoms with Gasteiger partial charge in [-0.3, -0.25) is 0 Å². The van der Waals surface area contributed by atoms with E-state index in [1.54, 1.807) is 24.3 Å². The average Bonchev–Trinajstić information content (AvgIpc) is 2.14. The van der Waals surface area contributed by atoms with E-state index in [0.717, 1.165) is 5.69 Å². The van der Waals surface area contributed by atoms with E-state index < -0.39 is 9.84 Å². The zero-order valence-corrected chi connectivity index (χ0v) is 9.71. The summed E-state index contributed by atoms with van der Waals surface area (Å²) in [6, 6.07) is 6.70. The van der Waals surface area contributed by atoms with Crippen LogP contribution in [0.5, 0.6) is 0 Å². The third-order valence-corrected chi connectivity index (χ3v) is 3.04. The summed E-state index contributed by atoms with van der Waals surface area (Å²) >= 11 is 0. The molecule has 0 fully saturated rings. The Morgan fingerprint density at radius 3 is 2.27 bits per heavy atom. The summed E-state index contributed by atoms with van der Waals surface area (Å²) in [7, 11) is -3.10. The van der Waals surface area contributed by atoms with Crippen molar-refractivity contribution >= 4 is 15.5 Å². The van der Waals surface area contributed by atoms with Crippen molar-refractivity contribution in [1.82, 2.24) is 0 Å². The van der Waals surface area contributed by atoms with Crippen LogP contribution in [0.25, 0.3) is 0 Å². The largest absolute Gasteiger partial charge is 0.383 e. The van der Waals surface area contributed by atoms with Crippen LogP contribution in [-0.4, -0.2) is 27.3 Å². The van der Waals surface area contributed by atoms with E-state index >= 15 is 0 Å². The summed E-state index contributed by atoms with van der Waals surface area (Å²) in [6.07, 6.45) is 1.19. The van der Waals surface area contributed by atoms with Crippen molar-refractivity contribution in [1.29, 1.82) is 0 Å². The van der Waals surface area contributed by atoms with Gasteiger partial charge in [-0.05, 0) is 31.2 Å². The second kappa shape index (κ2) is 4.63. The van der Waals surface area contributed by atoms with Crippen LogP contribution in [0.3, 0.4) is 0 Å². The van der Waals surface area contributed by atoms with Gasteiger partial charge in [-0.1, -0.05) is 0 Å². The molecule has 0 aliphatic rings. The summed E-state index contributed by atoms with van der Waals surface area (Å²) in [5.41, 5.74) is 6.46. The molecule has 0 aliphatic heterocycles. The maximum absolute atomic E-state index is 11.2. The molecule has 0 aromatic heterocycles. The van der Waals surface area contributed by atoms with Gasteiger partial charge in [-0.2, -0.15) is 0 Å². The Kier molecular flexibility index (Phi) is 3.71. The number of sulfone groups is 1. The normalized spacial score (nSPS) is 13.5. The highest BCUT2D eigenvalue weighted by molar-refractivity contribution is 7.90. The van der Waals surface area contributed by atoms with Gasteiger partial charge in [0.15, 0.2) is 9.84 Å². The smallest absolute Gasteiger partial charge is 0.175 e. The van der Waals surface area contributed by atoms with Crippen molar-refractivity contribution in [3.63, 3.8) is 0 Å². The van der Waals surface area contributed by atoms with Gasteiger partial charge in [0.25, 0.3) is 0 Å². The average molecular weight is 228 g/mol. The summed E-state index contributed by atoms with van der Waals surface area (Å²) in [5.74, 6) is 0. The van der Waals surface area contributed by atoms with Crippen molar-refractivity contribution in [2.24, 2.45) is 5.73 Å². The third kappa shape index (κ3) is 3.89. The summed E-state index contributed by atoms with van der Waals surface area (Å²) in [6.45, 7) is 2.57. The lowest BCUT2D eigenvalue weighted by Crippen LogP contribution is -2.25.